The van der Waals surface area contributed by atoms with E-state index in [1.165, 1.54) is 24.3 Å². The molecule has 0 aliphatic rings. The number of aryl methyl sites for hydroxylation is 2. The minimum atomic E-state index is -0.614. The van der Waals surface area contributed by atoms with Crippen molar-refractivity contribution in [3.8, 4) is 5.75 Å². The van der Waals surface area contributed by atoms with Crippen LogP contribution in [0.1, 0.15) is 38.4 Å². The number of fused-ring (bicyclic) bond motifs is 1. The quantitative estimate of drug-likeness (QED) is 0.236. The first kappa shape index (κ1) is 23.6. The van der Waals surface area contributed by atoms with Gasteiger partial charge in [0.25, 0.3) is 5.56 Å². The maximum Gasteiger partial charge on any atom is 0.343 e. The molecule has 1 N–H and O–H groups in total. The van der Waals surface area contributed by atoms with Crippen LogP contribution < -0.4 is 10.3 Å². The molecule has 0 radical (unpaired) electrons. The van der Waals surface area contributed by atoms with Crippen molar-refractivity contribution in [1.82, 2.24) is 9.97 Å². The third-order valence-electron chi connectivity index (χ3n) is 5.27. The van der Waals surface area contributed by atoms with Crippen LogP contribution >= 0.6 is 0 Å². The zero-order valence-corrected chi connectivity index (χ0v) is 18.9. The number of hydrogen-bond acceptors (Lipinski definition) is 7. The fourth-order valence-electron chi connectivity index (χ4n) is 3.32. The van der Waals surface area contributed by atoms with Crippen LogP contribution in [0.5, 0.6) is 5.75 Å². The number of benzene rings is 3. The van der Waals surface area contributed by atoms with Crippen molar-refractivity contribution < 1.29 is 23.9 Å². The topological polar surface area (TPSA) is 115 Å². The number of ketones is 1. The molecule has 0 bridgehead atoms. The lowest BCUT2D eigenvalue weighted by molar-refractivity contribution is -0.142. The number of nitrogens with one attached hydrogen (secondary N) is 1. The summed E-state index contributed by atoms with van der Waals surface area (Å²) in [6, 6.07) is 20.1. The molecule has 0 saturated carbocycles. The van der Waals surface area contributed by atoms with E-state index in [0.717, 1.165) is 5.56 Å². The van der Waals surface area contributed by atoms with E-state index in [1.807, 2.05) is 19.1 Å². The van der Waals surface area contributed by atoms with Gasteiger partial charge in [-0.3, -0.25) is 14.4 Å². The van der Waals surface area contributed by atoms with Crippen molar-refractivity contribution in [3.05, 3.63) is 106 Å². The summed E-state index contributed by atoms with van der Waals surface area (Å²) >= 11 is 0. The monoisotopic (exact) mass is 470 g/mol. The van der Waals surface area contributed by atoms with Crippen molar-refractivity contribution in [2.45, 2.75) is 19.8 Å². The first-order chi connectivity index (χ1) is 16.9. The predicted molar refractivity (Wildman–Crippen MR) is 129 cm³/mol. The van der Waals surface area contributed by atoms with Gasteiger partial charge < -0.3 is 14.5 Å². The Morgan fingerprint density at radius 1 is 0.886 bits per heavy atom. The van der Waals surface area contributed by atoms with E-state index in [-0.39, 0.29) is 29.8 Å². The molecule has 1 heterocycles. The van der Waals surface area contributed by atoms with Gasteiger partial charge >= 0.3 is 11.9 Å². The van der Waals surface area contributed by atoms with Gasteiger partial charge in [0.1, 0.15) is 11.4 Å². The second kappa shape index (κ2) is 10.6. The number of carbonyl (C=O) groups is 3. The molecular formula is C27H22N2O6. The molecule has 0 unspecified atom stereocenters. The first-order valence-electron chi connectivity index (χ1n) is 10.9. The Hall–Kier alpha value is -4.59. The van der Waals surface area contributed by atoms with Crippen LogP contribution in [0.4, 0.5) is 0 Å². The smallest absolute Gasteiger partial charge is 0.343 e. The SMILES string of the molecule is Cc1ccc(C(=O)Oc2ccc(C(=O)COC(=O)CCc3nc4ccccc4[nH]c3=O)cc2)cc1. The maximum atomic E-state index is 12.4. The molecule has 0 aliphatic carbocycles. The van der Waals surface area contributed by atoms with Crippen molar-refractivity contribution >= 4 is 28.8 Å². The van der Waals surface area contributed by atoms with Crippen molar-refractivity contribution in [2.24, 2.45) is 0 Å². The number of ether oxygens (including phenoxy) is 2. The lowest BCUT2D eigenvalue weighted by atomic mass is 10.1. The van der Waals surface area contributed by atoms with Gasteiger partial charge in [-0.15, -0.1) is 0 Å². The van der Waals surface area contributed by atoms with E-state index in [9.17, 15) is 19.2 Å². The molecule has 0 atom stereocenters. The average Bonchev–Trinajstić information content (AvgIpc) is 2.86. The number of Topliss-reactive ketones (excluding diaryl/α,β-unsaturated/α-hetero) is 1. The largest absolute Gasteiger partial charge is 0.457 e. The highest BCUT2D eigenvalue weighted by Gasteiger charge is 2.13. The molecule has 8 nitrogen and oxygen atoms in total. The summed E-state index contributed by atoms with van der Waals surface area (Å²) in [5, 5.41) is 0. The van der Waals surface area contributed by atoms with E-state index in [4.69, 9.17) is 9.47 Å². The Kier molecular flexibility index (Phi) is 7.11. The molecular weight excluding hydrogens is 448 g/mol. The van der Waals surface area contributed by atoms with E-state index in [1.54, 1.807) is 36.4 Å². The predicted octanol–water partition coefficient (Wildman–Crippen LogP) is 3.81. The van der Waals surface area contributed by atoms with Gasteiger partial charge in [-0.05, 0) is 55.5 Å². The summed E-state index contributed by atoms with van der Waals surface area (Å²) in [6.07, 6.45) is 0.00381. The van der Waals surface area contributed by atoms with Crippen molar-refractivity contribution in [3.63, 3.8) is 0 Å². The number of rotatable bonds is 8. The van der Waals surface area contributed by atoms with Crippen LogP contribution in [0.2, 0.25) is 0 Å². The summed E-state index contributed by atoms with van der Waals surface area (Å²) in [6.45, 7) is 1.48. The molecule has 0 amide bonds. The summed E-state index contributed by atoms with van der Waals surface area (Å²) < 4.78 is 10.4. The first-order valence-corrected chi connectivity index (χ1v) is 10.9. The zero-order chi connectivity index (χ0) is 24.8. The number of aromatic amines is 1. The number of para-hydroxylation sites is 2. The van der Waals surface area contributed by atoms with Crippen LogP contribution in [0.15, 0.2) is 77.6 Å². The van der Waals surface area contributed by atoms with E-state index >= 15 is 0 Å². The fraction of sp³-hybridized carbons (Fsp3) is 0.148. The van der Waals surface area contributed by atoms with Gasteiger partial charge in [0.15, 0.2) is 12.4 Å². The molecule has 1 aromatic heterocycles. The number of esters is 2. The molecule has 35 heavy (non-hydrogen) atoms. The molecule has 8 heteroatoms. The summed E-state index contributed by atoms with van der Waals surface area (Å²) in [5.74, 6) is -1.23. The summed E-state index contributed by atoms with van der Waals surface area (Å²) in [4.78, 5) is 55.8. The second-order valence-corrected chi connectivity index (χ2v) is 7.89. The molecule has 0 fully saturated rings. The molecule has 4 aromatic rings. The summed E-state index contributed by atoms with van der Waals surface area (Å²) in [5.41, 5.74) is 2.86. The Morgan fingerprint density at radius 2 is 1.57 bits per heavy atom. The van der Waals surface area contributed by atoms with Crippen LogP contribution in [-0.4, -0.2) is 34.3 Å². The van der Waals surface area contributed by atoms with Gasteiger partial charge in [0, 0.05) is 12.0 Å². The van der Waals surface area contributed by atoms with Crippen LogP contribution in [-0.2, 0) is 16.0 Å². The molecule has 0 spiro atoms. The molecule has 4 rings (SSSR count). The van der Waals surface area contributed by atoms with Gasteiger partial charge in [-0.1, -0.05) is 29.8 Å². The van der Waals surface area contributed by atoms with Crippen LogP contribution in [0.25, 0.3) is 11.0 Å². The zero-order valence-electron chi connectivity index (χ0n) is 18.9. The summed E-state index contributed by atoms with van der Waals surface area (Å²) in [7, 11) is 0. The Morgan fingerprint density at radius 3 is 2.31 bits per heavy atom. The van der Waals surface area contributed by atoms with E-state index in [0.29, 0.717) is 22.2 Å². The molecule has 0 saturated heterocycles. The van der Waals surface area contributed by atoms with Gasteiger partial charge in [-0.2, -0.15) is 0 Å². The number of H-pyrrole nitrogens is 1. The van der Waals surface area contributed by atoms with Crippen LogP contribution in [0, 0.1) is 6.92 Å². The van der Waals surface area contributed by atoms with Gasteiger partial charge in [0.05, 0.1) is 23.0 Å². The lowest BCUT2D eigenvalue weighted by Crippen LogP contribution is -2.18. The molecule has 176 valence electrons. The van der Waals surface area contributed by atoms with Crippen molar-refractivity contribution in [1.29, 1.82) is 0 Å². The Labute approximate surface area is 200 Å². The Balaban J connectivity index is 1.27. The molecule has 0 aliphatic heterocycles. The third kappa shape index (κ3) is 6.05. The maximum absolute atomic E-state index is 12.4. The third-order valence-corrected chi connectivity index (χ3v) is 5.27. The second-order valence-electron chi connectivity index (χ2n) is 7.89. The number of carbonyl (C=O) groups excluding carboxylic acids is 3. The highest BCUT2D eigenvalue weighted by Crippen LogP contribution is 2.15. The number of aromatic nitrogens is 2. The van der Waals surface area contributed by atoms with E-state index in [2.05, 4.69) is 9.97 Å². The number of hydrogen-bond donors (Lipinski definition) is 1. The fourth-order valence-corrected chi connectivity index (χ4v) is 3.32. The molecule has 3 aromatic carbocycles. The van der Waals surface area contributed by atoms with Gasteiger partial charge in [-0.25, -0.2) is 9.78 Å². The minimum absolute atomic E-state index is 0.0877. The minimum Gasteiger partial charge on any atom is -0.457 e. The van der Waals surface area contributed by atoms with Crippen LogP contribution in [0.3, 0.4) is 0 Å². The van der Waals surface area contributed by atoms with Gasteiger partial charge in [0.2, 0.25) is 0 Å². The Bertz CT molecular complexity index is 1440. The number of nitrogens with zero attached hydrogens (tertiary/aromatic N) is 1. The van der Waals surface area contributed by atoms with Crippen molar-refractivity contribution in [2.75, 3.05) is 6.61 Å². The average molecular weight is 470 g/mol. The highest BCUT2D eigenvalue weighted by atomic mass is 16.5. The standard InChI is InChI=1S/C27H22N2O6/c1-17-6-8-19(9-7-17)27(33)35-20-12-10-18(11-13-20)24(30)16-34-25(31)15-14-23-26(32)29-22-5-3-2-4-21(22)28-23/h2-13H,14-16H2,1H3,(H,29,32). The highest BCUT2D eigenvalue weighted by molar-refractivity contribution is 5.98. The normalized spacial score (nSPS) is 10.7. The van der Waals surface area contributed by atoms with E-state index < -0.39 is 24.3 Å². The lowest BCUT2D eigenvalue weighted by Gasteiger charge is -2.07.